The molecule has 0 aromatic heterocycles. The molecule has 6 heteroatoms. The topological polar surface area (TPSA) is 31.2 Å². The van der Waals surface area contributed by atoms with E-state index in [1.54, 1.807) is 14.1 Å². The van der Waals surface area contributed by atoms with E-state index < -0.39 is 0 Å². The standard InChI is InChI=1S/C28H33BN2.C7H14N2.Pt/c1-19-13-21(3)27(22(4)14-19)29(28-23(5)15-20(2)16-24(28)6)25-9-8-10-26(17-25)31-12-11-30(7)18-31;1-6(8-3)5-7(2)9-4;/h8-17H,18H2,1-7H3;5H2,1-4H3;/q;;+2. The van der Waals surface area contributed by atoms with Crippen LogP contribution >= 0.6 is 0 Å². The van der Waals surface area contributed by atoms with Crippen LogP contribution in [0.5, 0.6) is 0 Å². The maximum atomic E-state index is 4.01. The first-order chi connectivity index (χ1) is 18.9. The maximum Gasteiger partial charge on any atom is 2.00 e. The Morgan fingerprint density at radius 3 is 1.59 bits per heavy atom. The number of hydrogen-bond donors (Lipinski definition) is 0. The molecule has 4 rings (SSSR count). The van der Waals surface area contributed by atoms with Gasteiger partial charge < -0.3 is 9.80 Å². The third-order valence-electron chi connectivity index (χ3n) is 7.74. The van der Waals surface area contributed by atoms with Crippen molar-refractivity contribution in [1.29, 1.82) is 0 Å². The van der Waals surface area contributed by atoms with Gasteiger partial charge in [0.25, 0.3) is 0 Å². The second kappa shape index (κ2) is 15.4. The van der Waals surface area contributed by atoms with Crippen molar-refractivity contribution in [2.24, 2.45) is 9.98 Å². The fourth-order valence-electron chi connectivity index (χ4n) is 5.88. The molecule has 0 unspecified atom stereocenters. The molecule has 0 aliphatic carbocycles. The van der Waals surface area contributed by atoms with Crippen molar-refractivity contribution >= 4 is 40.2 Å². The zero-order chi connectivity index (χ0) is 29.6. The number of hydrogen-bond acceptors (Lipinski definition) is 4. The van der Waals surface area contributed by atoms with Gasteiger partial charge in [-0.25, -0.2) is 0 Å². The van der Waals surface area contributed by atoms with Gasteiger partial charge in [-0.15, -0.1) is 0 Å². The van der Waals surface area contributed by atoms with Crippen molar-refractivity contribution in [1.82, 2.24) is 4.90 Å². The predicted octanol–water partition coefficient (Wildman–Crippen LogP) is 5.79. The van der Waals surface area contributed by atoms with Gasteiger partial charge in [0.1, 0.15) is 0 Å². The normalized spacial score (nSPS) is 13.1. The first-order valence-corrected chi connectivity index (χ1v) is 14.2. The number of anilines is 1. The summed E-state index contributed by atoms with van der Waals surface area (Å²) in [6, 6.07) is 18.4. The molecule has 0 saturated heterocycles. The summed E-state index contributed by atoms with van der Waals surface area (Å²) >= 11 is 0. The monoisotopic (exact) mass is 729 g/mol. The number of rotatable bonds is 6. The van der Waals surface area contributed by atoms with E-state index in [1.165, 1.54) is 55.5 Å². The molecule has 0 spiro atoms. The summed E-state index contributed by atoms with van der Waals surface area (Å²) in [5.41, 5.74) is 15.9. The first kappa shape index (κ1) is 34.3. The van der Waals surface area contributed by atoms with E-state index in [-0.39, 0.29) is 27.8 Å². The molecule has 4 nitrogen and oxygen atoms in total. The van der Waals surface area contributed by atoms with Crippen molar-refractivity contribution in [2.75, 3.05) is 32.7 Å². The van der Waals surface area contributed by atoms with Crippen LogP contribution in [-0.4, -0.2) is 50.8 Å². The third kappa shape index (κ3) is 8.79. The van der Waals surface area contributed by atoms with Gasteiger partial charge in [-0.2, -0.15) is 0 Å². The second-order valence-electron chi connectivity index (χ2n) is 11.4. The third-order valence-corrected chi connectivity index (χ3v) is 7.74. The maximum absolute atomic E-state index is 4.01. The minimum Gasteiger partial charge on any atom is -0.361 e. The Bertz CT molecular complexity index is 1320. The number of aliphatic imine (C=N–C) groups is 2. The summed E-state index contributed by atoms with van der Waals surface area (Å²) < 4.78 is 0. The number of nitrogens with zero attached hydrogens (tertiary/aromatic N) is 4. The molecule has 0 amide bonds. The van der Waals surface area contributed by atoms with E-state index in [9.17, 15) is 0 Å². The Kier molecular flexibility index (Phi) is 12.8. The second-order valence-corrected chi connectivity index (χ2v) is 11.4. The predicted molar refractivity (Wildman–Crippen MR) is 179 cm³/mol. The van der Waals surface area contributed by atoms with Crippen molar-refractivity contribution in [3.8, 4) is 0 Å². The van der Waals surface area contributed by atoms with Crippen LogP contribution in [0.3, 0.4) is 0 Å². The van der Waals surface area contributed by atoms with Crippen LogP contribution in [0.1, 0.15) is 53.6 Å². The van der Waals surface area contributed by atoms with Crippen molar-refractivity contribution in [2.45, 2.75) is 61.8 Å². The van der Waals surface area contributed by atoms with Crippen LogP contribution < -0.4 is 21.3 Å². The molecular formula is C35H47BN4Pt+2. The summed E-state index contributed by atoms with van der Waals surface area (Å²) in [5, 5.41) is 0. The summed E-state index contributed by atoms with van der Waals surface area (Å²) in [7, 11) is 5.72. The molecule has 0 bridgehead atoms. The smallest absolute Gasteiger partial charge is 0.361 e. The zero-order valence-corrected chi connectivity index (χ0v) is 29.1. The zero-order valence-electron chi connectivity index (χ0n) is 26.9. The van der Waals surface area contributed by atoms with E-state index in [1.807, 2.05) is 13.8 Å². The van der Waals surface area contributed by atoms with Gasteiger partial charge in [0, 0.05) is 57.1 Å². The van der Waals surface area contributed by atoms with Crippen molar-refractivity contribution in [3.05, 3.63) is 94.3 Å². The molecule has 41 heavy (non-hydrogen) atoms. The van der Waals surface area contributed by atoms with Crippen LogP contribution in [0.4, 0.5) is 5.69 Å². The molecular weight excluding hydrogens is 682 g/mol. The Hall–Kier alpha value is -2.91. The van der Waals surface area contributed by atoms with Crippen LogP contribution in [0.25, 0.3) is 0 Å². The molecule has 1 heterocycles. The molecule has 218 valence electrons. The van der Waals surface area contributed by atoms with Crippen LogP contribution in [-0.2, 0) is 21.1 Å². The van der Waals surface area contributed by atoms with E-state index in [4.69, 9.17) is 0 Å². The van der Waals surface area contributed by atoms with Gasteiger partial charge in [-0.1, -0.05) is 86.2 Å². The molecule has 1 aliphatic rings. The van der Waals surface area contributed by atoms with Crippen LogP contribution in [0.15, 0.2) is 70.9 Å². The quantitative estimate of drug-likeness (QED) is 0.238. The summed E-state index contributed by atoms with van der Waals surface area (Å²) in [6.45, 7) is 18.6. The average molecular weight is 730 g/mol. The van der Waals surface area contributed by atoms with Gasteiger partial charge in [-0.05, 0) is 67.5 Å². The van der Waals surface area contributed by atoms with E-state index >= 15 is 0 Å². The Morgan fingerprint density at radius 1 is 0.732 bits per heavy atom. The van der Waals surface area contributed by atoms with Gasteiger partial charge in [0.15, 0.2) is 0 Å². The van der Waals surface area contributed by atoms with Crippen molar-refractivity contribution in [3.63, 3.8) is 0 Å². The fraction of sp³-hybridized carbons (Fsp3) is 0.371. The molecule has 1 aliphatic heterocycles. The molecule has 0 fully saturated rings. The Morgan fingerprint density at radius 2 is 1.20 bits per heavy atom. The fourth-order valence-corrected chi connectivity index (χ4v) is 5.88. The van der Waals surface area contributed by atoms with E-state index in [0.29, 0.717) is 0 Å². The van der Waals surface area contributed by atoms with Crippen LogP contribution in [0, 0.1) is 41.5 Å². The molecule has 3 aromatic rings. The molecule has 0 N–H and O–H groups in total. The number of aryl methyl sites for hydroxylation is 6. The summed E-state index contributed by atoms with van der Waals surface area (Å²) in [6.07, 6.45) is 5.21. The van der Waals surface area contributed by atoms with Gasteiger partial charge in [-0.3, -0.25) is 9.98 Å². The SMILES string of the molecule is CN=C(C)CC(C)=NC.Cc1cc(C)c(B(c2cccc(N3C=CN(C)C3)c2)c2c(C)cc(C)cc2C)c(C)c1.[Pt+2]. The van der Waals surface area contributed by atoms with Gasteiger partial charge in [0.05, 0.1) is 6.67 Å². The van der Waals surface area contributed by atoms with Gasteiger partial charge in [0.2, 0.25) is 6.71 Å². The minimum absolute atomic E-state index is 0. The average Bonchev–Trinajstić information content (AvgIpc) is 3.33. The van der Waals surface area contributed by atoms with Gasteiger partial charge >= 0.3 is 21.1 Å². The molecule has 0 saturated carbocycles. The van der Waals surface area contributed by atoms with Crippen molar-refractivity contribution < 1.29 is 21.1 Å². The molecule has 0 atom stereocenters. The molecule has 3 aromatic carbocycles. The molecule has 0 radical (unpaired) electrons. The summed E-state index contributed by atoms with van der Waals surface area (Å²) in [4.78, 5) is 12.5. The van der Waals surface area contributed by atoms with E-state index in [2.05, 4.69) is 129 Å². The summed E-state index contributed by atoms with van der Waals surface area (Å²) in [5.74, 6) is 0. The first-order valence-electron chi connectivity index (χ1n) is 14.2. The number of benzene rings is 3. The Balaban J connectivity index is 0.000000511. The van der Waals surface area contributed by atoms with E-state index in [0.717, 1.165) is 24.5 Å². The minimum atomic E-state index is 0. The Labute approximate surface area is 264 Å². The largest absolute Gasteiger partial charge is 2.00 e. The van der Waals surface area contributed by atoms with Crippen LogP contribution in [0.2, 0.25) is 0 Å².